The molecule has 1 amide bonds. The molecule has 1 aliphatic heterocycles. The quantitative estimate of drug-likeness (QED) is 0.300. The van der Waals surface area contributed by atoms with Crippen molar-refractivity contribution in [3.63, 3.8) is 0 Å². The molecule has 0 spiro atoms. The second kappa shape index (κ2) is 12.1. The van der Waals surface area contributed by atoms with Gasteiger partial charge in [-0.2, -0.15) is 14.5 Å². The number of rotatable bonds is 8. The lowest BCUT2D eigenvalue weighted by molar-refractivity contribution is -0.119. The van der Waals surface area contributed by atoms with Gasteiger partial charge in [-0.15, -0.1) is 0 Å². The fourth-order valence-electron chi connectivity index (χ4n) is 4.35. The number of esters is 1. The molecular formula is C28H30N4O5S. The van der Waals surface area contributed by atoms with Crippen LogP contribution in [0.25, 0.3) is 0 Å². The SMILES string of the molecule is C[C@@H]1C[C@H](C)CN(S(=O)(=O)c2ccc(C(=O)OCC(=O)Nc3ccc(N=Nc4ccccc4)cc3)cc2)C1. The zero-order chi connectivity index (χ0) is 27.1. The largest absolute Gasteiger partial charge is 0.452 e. The molecule has 0 unspecified atom stereocenters. The molecule has 0 aliphatic carbocycles. The first-order valence-electron chi connectivity index (χ1n) is 12.3. The van der Waals surface area contributed by atoms with E-state index >= 15 is 0 Å². The number of anilines is 1. The molecule has 0 aromatic heterocycles. The summed E-state index contributed by atoms with van der Waals surface area (Å²) in [4.78, 5) is 24.8. The predicted molar refractivity (Wildman–Crippen MR) is 144 cm³/mol. The maximum Gasteiger partial charge on any atom is 0.338 e. The van der Waals surface area contributed by atoms with E-state index in [-0.39, 0.29) is 22.3 Å². The second-order valence-corrected chi connectivity index (χ2v) is 11.4. The Morgan fingerprint density at radius 3 is 2.05 bits per heavy atom. The van der Waals surface area contributed by atoms with Crippen LogP contribution in [0.15, 0.2) is 94.0 Å². The van der Waals surface area contributed by atoms with Crippen molar-refractivity contribution in [3.8, 4) is 0 Å². The van der Waals surface area contributed by atoms with Gasteiger partial charge in [-0.25, -0.2) is 13.2 Å². The first-order chi connectivity index (χ1) is 18.2. The number of sulfonamides is 1. The van der Waals surface area contributed by atoms with E-state index in [0.29, 0.717) is 24.5 Å². The zero-order valence-electron chi connectivity index (χ0n) is 21.3. The third-order valence-electron chi connectivity index (χ3n) is 6.09. The summed E-state index contributed by atoms with van der Waals surface area (Å²) in [5.74, 6) is -0.653. The minimum Gasteiger partial charge on any atom is -0.452 e. The maximum absolute atomic E-state index is 13.0. The fourth-order valence-corrected chi connectivity index (χ4v) is 6.03. The Morgan fingerprint density at radius 2 is 1.45 bits per heavy atom. The van der Waals surface area contributed by atoms with E-state index in [4.69, 9.17) is 4.74 Å². The molecule has 0 bridgehead atoms. The number of hydrogen-bond donors (Lipinski definition) is 1. The molecule has 10 heteroatoms. The molecule has 4 rings (SSSR count). The summed E-state index contributed by atoms with van der Waals surface area (Å²) in [6.07, 6.45) is 0.997. The highest BCUT2D eigenvalue weighted by Crippen LogP contribution is 2.27. The second-order valence-electron chi connectivity index (χ2n) is 9.50. The smallest absolute Gasteiger partial charge is 0.338 e. The van der Waals surface area contributed by atoms with Crippen molar-refractivity contribution in [1.29, 1.82) is 0 Å². The average molecular weight is 535 g/mol. The molecule has 1 heterocycles. The van der Waals surface area contributed by atoms with E-state index in [2.05, 4.69) is 15.5 Å². The highest BCUT2D eigenvalue weighted by Gasteiger charge is 2.31. The zero-order valence-corrected chi connectivity index (χ0v) is 22.1. The van der Waals surface area contributed by atoms with E-state index in [9.17, 15) is 18.0 Å². The van der Waals surface area contributed by atoms with Gasteiger partial charge >= 0.3 is 5.97 Å². The van der Waals surface area contributed by atoms with Gasteiger partial charge < -0.3 is 10.1 Å². The topological polar surface area (TPSA) is 118 Å². The van der Waals surface area contributed by atoms with Crippen LogP contribution >= 0.6 is 0 Å². The highest BCUT2D eigenvalue weighted by atomic mass is 32.2. The number of azo groups is 1. The van der Waals surface area contributed by atoms with Gasteiger partial charge in [0.15, 0.2) is 6.61 Å². The number of ether oxygens (including phenoxy) is 1. The number of carbonyl (C=O) groups is 2. The van der Waals surface area contributed by atoms with Crippen LogP contribution in [0.2, 0.25) is 0 Å². The van der Waals surface area contributed by atoms with Crippen molar-refractivity contribution in [2.24, 2.45) is 22.1 Å². The molecule has 2 atom stereocenters. The van der Waals surface area contributed by atoms with Crippen molar-refractivity contribution >= 4 is 39.0 Å². The van der Waals surface area contributed by atoms with Crippen LogP contribution in [0.5, 0.6) is 0 Å². The van der Waals surface area contributed by atoms with Crippen LogP contribution in [0.3, 0.4) is 0 Å². The Labute approximate surface area is 222 Å². The summed E-state index contributed by atoms with van der Waals surface area (Å²) < 4.78 is 32.6. The van der Waals surface area contributed by atoms with Gasteiger partial charge in [0.1, 0.15) is 0 Å². The van der Waals surface area contributed by atoms with Crippen LogP contribution < -0.4 is 5.32 Å². The number of amides is 1. The molecule has 38 heavy (non-hydrogen) atoms. The van der Waals surface area contributed by atoms with Crippen molar-refractivity contribution < 1.29 is 22.7 Å². The first kappa shape index (κ1) is 27.2. The van der Waals surface area contributed by atoms with Crippen LogP contribution in [0.1, 0.15) is 30.6 Å². The predicted octanol–water partition coefficient (Wildman–Crippen LogP) is 5.56. The van der Waals surface area contributed by atoms with Crippen molar-refractivity contribution in [2.45, 2.75) is 25.2 Å². The van der Waals surface area contributed by atoms with Gasteiger partial charge in [0.05, 0.1) is 21.8 Å². The number of nitrogens with one attached hydrogen (secondary N) is 1. The first-order valence-corrected chi connectivity index (χ1v) is 13.8. The Bertz CT molecular complexity index is 1380. The van der Waals surface area contributed by atoms with Gasteiger partial charge in [-0.1, -0.05) is 32.0 Å². The van der Waals surface area contributed by atoms with Gasteiger partial charge in [0.25, 0.3) is 5.91 Å². The minimum absolute atomic E-state index is 0.125. The average Bonchev–Trinajstić information content (AvgIpc) is 2.91. The Kier molecular flexibility index (Phi) is 8.65. The molecule has 1 N–H and O–H groups in total. The number of carbonyl (C=O) groups excluding carboxylic acids is 2. The molecule has 0 saturated carbocycles. The molecule has 3 aromatic rings. The maximum atomic E-state index is 13.0. The van der Waals surface area contributed by atoms with Gasteiger partial charge in [0, 0.05) is 18.8 Å². The summed E-state index contributed by atoms with van der Waals surface area (Å²) in [7, 11) is -3.65. The van der Waals surface area contributed by atoms with Crippen LogP contribution in [-0.4, -0.2) is 44.3 Å². The molecule has 3 aromatic carbocycles. The Balaban J connectivity index is 1.28. The van der Waals surface area contributed by atoms with E-state index in [1.165, 1.54) is 28.6 Å². The van der Waals surface area contributed by atoms with Crippen LogP contribution in [0, 0.1) is 11.8 Å². The summed E-state index contributed by atoms with van der Waals surface area (Å²) >= 11 is 0. The van der Waals surface area contributed by atoms with Gasteiger partial charge in [0.2, 0.25) is 10.0 Å². The van der Waals surface area contributed by atoms with E-state index in [0.717, 1.165) is 12.1 Å². The standard InChI is InChI=1S/C28H30N4O5S/c1-20-16-21(2)18-32(17-20)38(35,36)26-14-8-22(9-15-26)28(34)37-19-27(33)29-23-10-12-25(13-11-23)31-30-24-6-4-3-5-7-24/h3-15,20-21H,16-19H2,1-2H3,(H,29,33)/t20-,21+. The lowest BCUT2D eigenvalue weighted by Crippen LogP contribution is -2.42. The van der Waals surface area contributed by atoms with Crippen molar-refractivity contribution in [2.75, 3.05) is 25.0 Å². The van der Waals surface area contributed by atoms with Gasteiger partial charge in [-0.05, 0) is 78.9 Å². The fraction of sp³-hybridized carbons (Fsp3) is 0.286. The normalized spacial score (nSPS) is 18.3. The molecule has 1 saturated heterocycles. The Morgan fingerprint density at radius 1 is 0.868 bits per heavy atom. The molecule has 198 valence electrons. The Hall–Kier alpha value is -3.89. The number of nitrogens with zero attached hydrogens (tertiary/aromatic N) is 3. The summed E-state index contributed by atoms with van der Waals surface area (Å²) in [5, 5.41) is 10.9. The van der Waals surface area contributed by atoms with E-state index < -0.39 is 28.5 Å². The van der Waals surface area contributed by atoms with Gasteiger partial charge in [-0.3, -0.25) is 4.79 Å². The molecule has 1 fully saturated rings. The van der Waals surface area contributed by atoms with E-state index in [1.54, 1.807) is 24.3 Å². The molecule has 0 radical (unpaired) electrons. The van der Waals surface area contributed by atoms with Crippen molar-refractivity contribution in [3.05, 3.63) is 84.4 Å². The number of piperidine rings is 1. The molecule has 9 nitrogen and oxygen atoms in total. The number of hydrogen-bond acceptors (Lipinski definition) is 7. The minimum atomic E-state index is -3.65. The lowest BCUT2D eigenvalue weighted by Gasteiger charge is -2.34. The summed E-state index contributed by atoms with van der Waals surface area (Å²) in [6, 6.07) is 21.6. The van der Waals surface area contributed by atoms with Crippen molar-refractivity contribution in [1.82, 2.24) is 4.31 Å². The van der Waals surface area contributed by atoms with Crippen LogP contribution in [0.4, 0.5) is 17.1 Å². The lowest BCUT2D eigenvalue weighted by atomic mass is 9.94. The van der Waals surface area contributed by atoms with E-state index in [1.807, 2.05) is 44.2 Å². The molecular weight excluding hydrogens is 504 g/mol. The summed E-state index contributed by atoms with van der Waals surface area (Å²) in [5.41, 5.74) is 2.02. The third-order valence-corrected chi connectivity index (χ3v) is 7.93. The summed E-state index contributed by atoms with van der Waals surface area (Å²) in [6.45, 7) is 4.56. The monoisotopic (exact) mass is 534 g/mol. The highest BCUT2D eigenvalue weighted by molar-refractivity contribution is 7.89. The third kappa shape index (κ3) is 7.11. The number of benzene rings is 3. The molecule has 1 aliphatic rings. The van der Waals surface area contributed by atoms with Crippen LogP contribution in [-0.2, 0) is 19.6 Å².